The van der Waals surface area contributed by atoms with Crippen LogP contribution in [-0.4, -0.2) is 17.1 Å². The van der Waals surface area contributed by atoms with Crippen LogP contribution in [0.5, 0.6) is 5.75 Å². The van der Waals surface area contributed by atoms with Gasteiger partial charge in [0.05, 0.1) is 6.26 Å². The second-order valence-corrected chi connectivity index (χ2v) is 6.76. The van der Waals surface area contributed by atoms with Gasteiger partial charge in [-0.15, -0.1) is 0 Å². The summed E-state index contributed by atoms with van der Waals surface area (Å²) in [6.07, 6.45) is 3.69. The fourth-order valence-electron chi connectivity index (χ4n) is 3.14. The number of nitrogens with one attached hydrogen (secondary N) is 1. The highest BCUT2D eigenvalue weighted by Gasteiger charge is 2.14. The van der Waals surface area contributed by atoms with Crippen molar-refractivity contribution in [2.45, 2.75) is 45.6 Å². The number of carbonyl (C=O) groups is 1. The Morgan fingerprint density at radius 3 is 2.81 bits per heavy atom. The SMILES string of the molecule is Cc1c(CCC(=O)N[C@H](C)CCc2ccco2)c(=O)oc2cc(O)ccc12. The quantitative estimate of drug-likeness (QED) is 0.622. The molecule has 1 aromatic carbocycles. The van der Waals surface area contributed by atoms with Gasteiger partial charge < -0.3 is 19.3 Å². The van der Waals surface area contributed by atoms with Gasteiger partial charge in [0, 0.05) is 35.9 Å². The van der Waals surface area contributed by atoms with Crippen molar-refractivity contribution in [1.82, 2.24) is 5.32 Å². The number of benzene rings is 1. The van der Waals surface area contributed by atoms with E-state index in [2.05, 4.69) is 5.32 Å². The first-order chi connectivity index (χ1) is 12.9. The topological polar surface area (TPSA) is 92.7 Å². The summed E-state index contributed by atoms with van der Waals surface area (Å²) in [6.45, 7) is 3.78. The van der Waals surface area contributed by atoms with E-state index in [4.69, 9.17) is 8.83 Å². The number of hydrogen-bond acceptors (Lipinski definition) is 5. The third-order valence-electron chi connectivity index (χ3n) is 4.68. The summed E-state index contributed by atoms with van der Waals surface area (Å²) in [6, 6.07) is 8.45. The molecule has 6 nitrogen and oxygen atoms in total. The van der Waals surface area contributed by atoms with Crippen molar-refractivity contribution in [1.29, 1.82) is 0 Å². The third kappa shape index (κ3) is 4.58. The van der Waals surface area contributed by atoms with Gasteiger partial charge >= 0.3 is 5.63 Å². The lowest BCUT2D eigenvalue weighted by molar-refractivity contribution is -0.121. The Morgan fingerprint density at radius 2 is 2.07 bits per heavy atom. The van der Waals surface area contributed by atoms with Crippen LogP contribution in [0.15, 0.2) is 50.2 Å². The molecule has 0 spiro atoms. The first-order valence-corrected chi connectivity index (χ1v) is 9.01. The van der Waals surface area contributed by atoms with Crippen LogP contribution in [0.1, 0.15) is 36.7 Å². The van der Waals surface area contributed by atoms with Gasteiger partial charge in [-0.1, -0.05) is 0 Å². The molecule has 0 radical (unpaired) electrons. The Hall–Kier alpha value is -3.02. The Kier molecular flexibility index (Phi) is 5.64. The van der Waals surface area contributed by atoms with E-state index in [1.807, 2.05) is 26.0 Å². The molecule has 2 heterocycles. The van der Waals surface area contributed by atoms with Crippen molar-refractivity contribution in [2.75, 3.05) is 0 Å². The molecule has 0 aliphatic heterocycles. The molecule has 3 rings (SSSR count). The molecule has 0 bridgehead atoms. The number of furan rings is 1. The molecule has 0 unspecified atom stereocenters. The normalized spacial score (nSPS) is 12.2. The van der Waals surface area contributed by atoms with Crippen LogP contribution in [0, 0.1) is 6.92 Å². The second-order valence-electron chi connectivity index (χ2n) is 6.76. The number of fused-ring (bicyclic) bond motifs is 1. The molecule has 1 atom stereocenters. The number of rotatable bonds is 7. The van der Waals surface area contributed by atoms with E-state index in [0.717, 1.165) is 29.6 Å². The van der Waals surface area contributed by atoms with Gasteiger partial charge in [-0.05, 0) is 56.5 Å². The lowest BCUT2D eigenvalue weighted by Crippen LogP contribution is -2.33. The lowest BCUT2D eigenvalue weighted by atomic mass is 10.0. The molecular formula is C21H23NO5. The Morgan fingerprint density at radius 1 is 1.26 bits per heavy atom. The fraction of sp³-hybridized carbons (Fsp3) is 0.333. The van der Waals surface area contributed by atoms with Gasteiger partial charge in [0.25, 0.3) is 0 Å². The monoisotopic (exact) mass is 369 g/mol. The molecule has 2 N–H and O–H groups in total. The molecule has 6 heteroatoms. The van der Waals surface area contributed by atoms with Crippen LogP contribution >= 0.6 is 0 Å². The van der Waals surface area contributed by atoms with Crippen LogP contribution in [0.2, 0.25) is 0 Å². The van der Waals surface area contributed by atoms with E-state index in [9.17, 15) is 14.7 Å². The number of phenolic OH excluding ortho intramolecular Hbond substituents is 1. The highest BCUT2D eigenvalue weighted by atomic mass is 16.4. The maximum atomic E-state index is 12.2. The van der Waals surface area contributed by atoms with Crippen molar-refractivity contribution >= 4 is 16.9 Å². The molecular weight excluding hydrogens is 346 g/mol. The highest BCUT2D eigenvalue weighted by Crippen LogP contribution is 2.23. The minimum absolute atomic E-state index is 0.0136. The number of hydrogen-bond donors (Lipinski definition) is 2. The highest BCUT2D eigenvalue weighted by molar-refractivity contribution is 5.82. The molecule has 0 aliphatic carbocycles. The van der Waals surface area contributed by atoms with Gasteiger partial charge in [0.1, 0.15) is 17.1 Å². The zero-order valence-electron chi connectivity index (χ0n) is 15.5. The largest absolute Gasteiger partial charge is 0.508 e. The summed E-state index contributed by atoms with van der Waals surface area (Å²) in [5.74, 6) is 0.832. The standard InChI is InChI=1S/C21H23NO5/c1-13(5-7-16-4-3-11-26-16)22-20(24)10-9-18-14(2)17-8-6-15(23)12-19(17)27-21(18)25/h3-4,6,8,11-13,23H,5,7,9-10H2,1-2H3,(H,22,24)/t13-/m1/s1. The van der Waals surface area contributed by atoms with E-state index in [1.165, 1.54) is 6.07 Å². The molecule has 0 fully saturated rings. The summed E-state index contributed by atoms with van der Waals surface area (Å²) in [5, 5.41) is 13.2. The summed E-state index contributed by atoms with van der Waals surface area (Å²) >= 11 is 0. The van der Waals surface area contributed by atoms with E-state index >= 15 is 0 Å². The summed E-state index contributed by atoms with van der Waals surface area (Å²) in [5.41, 5.74) is 1.15. The average Bonchev–Trinajstić information content (AvgIpc) is 3.13. The summed E-state index contributed by atoms with van der Waals surface area (Å²) in [7, 11) is 0. The van der Waals surface area contributed by atoms with Gasteiger partial charge in [0.2, 0.25) is 5.91 Å². The molecule has 0 saturated carbocycles. The number of amides is 1. The number of aromatic hydroxyl groups is 1. The van der Waals surface area contributed by atoms with Crippen LogP contribution in [-0.2, 0) is 17.6 Å². The number of phenols is 1. The number of carbonyl (C=O) groups excluding carboxylic acids is 1. The maximum absolute atomic E-state index is 12.2. The molecule has 2 aromatic heterocycles. The zero-order chi connectivity index (χ0) is 19.4. The predicted molar refractivity (Wildman–Crippen MR) is 102 cm³/mol. The van der Waals surface area contributed by atoms with E-state index in [1.54, 1.807) is 18.4 Å². The Bertz CT molecular complexity index is 988. The van der Waals surface area contributed by atoms with E-state index < -0.39 is 5.63 Å². The zero-order valence-corrected chi connectivity index (χ0v) is 15.5. The van der Waals surface area contributed by atoms with Crippen molar-refractivity contribution < 1.29 is 18.7 Å². The first kappa shape index (κ1) is 18.8. The van der Waals surface area contributed by atoms with Crippen molar-refractivity contribution in [3.05, 3.63) is 63.9 Å². The van der Waals surface area contributed by atoms with Crippen molar-refractivity contribution in [2.24, 2.45) is 0 Å². The fourth-order valence-corrected chi connectivity index (χ4v) is 3.14. The molecule has 1 amide bonds. The maximum Gasteiger partial charge on any atom is 0.339 e. The van der Waals surface area contributed by atoms with Crippen molar-refractivity contribution in [3.63, 3.8) is 0 Å². The van der Waals surface area contributed by atoms with Gasteiger partial charge in [-0.25, -0.2) is 4.79 Å². The molecule has 27 heavy (non-hydrogen) atoms. The van der Waals surface area contributed by atoms with E-state index in [0.29, 0.717) is 17.6 Å². The average molecular weight is 369 g/mol. The lowest BCUT2D eigenvalue weighted by Gasteiger charge is -2.13. The Labute approximate surface area is 156 Å². The predicted octanol–water partition coefficient (Wildman–Crippen LogP) is 3.47. The molecule has 0 saturated heterocycles. The third-order valence-corrected chi connectivity index (χ3v) is 4.68. The van der Waals surface area contributed by atoms with Gasteiger partial charge in [-0.2, -0.15) is 0 Å². The van der Waals surface area contributed by atoms with Crippen LogP contribution in [0.3, 0.4) is 0 Å². The second kappa shape index (κ2) is 8.12. The van der Waals surface area contributed by atoms with E-state index in [-0.39, 0.29) is 24.1 Å². The van der Waals surface area contributed by atoms with Gasteiger partial charge in [0.15, 0.2) is 0 Å². The summed E-state index contributed by atoms with van der Waals surface area (Å²) in [4.78, 5) is 24.5. The summed E-state index contributed by atoms with van der Waals surface area (Å²) < 4.78 is 10.6. The Balaban J connectivity index is 1.60. The van der Waals surface area contributed by atoms with Crippen LogP contribution in [0.4, 0.5) is 0 Å². The van der Waals surface area contributed by atoms with Crippen LogP contribution in [0.25, 0.3) is 11.0 Å². The number of aryl methyl sites for hydroxylation is 2. The van der Waals surface area contributed by atoms with Gasteiger partial charge in [-0.3, -0.25) is 4.79 Å². The van der Waals surface area contributed by atoms with Crippen LogP contribution < -0.4 is 10.9 Å². The minimum atomic E-state index is -0.468. The minimum Gasteiger partial charge on any atom is -0.508 e. The molecule has 0 aliphatic rings. The first-order valence-electron chi connectivity index (χ1n) is 9.01. The smallest absolute Gasteiger partial charge is 0.339 e. The molecule has 142 valence electrons. The molecule has 3 aromatic rings. The van der Waals surface area contributed by atoms with Crippen molar-refractivity contribution in [3.8, 4) is 5.75 Å².